The zero-order valence-electron chi connectivity index (χ0n) is 48.5. The van der Waals surface area contributed by atoms with Crippen LogP contribution in [-0.4, -0.2) is 100 Å². The lowest BCUT2D eigenvalue weighted by Gasteiger charge is -2.40. The fraction of sp³-hybridized carbons (Fsp3) is 0.875. The molecule has 0 aromatic carbocycles. The Labute approximate surface area is 460 Å². The number of rotatable bonds is 55. The number of aliphatic hydroxyl groups excluding tert-OH is 5. The fourth-order valence-electron chi connectivity index (χ4n) is 9.89. The number of carbonyl (C=O) groups is 2. The normalized spacial score (nSPS) is 18.9. The van der Waals surface area contributed by atoms with Crippen molar-refractivity contribution in [2.24, 2.45) is 0 Å². The molecule has 0 bridgehead atoms. The van der Waals surface area contributed by atoms with E-state index < -0.39 is 49.5 Å². The molecule has 11 heteroatoms. The van der Waals surface area contributed by atoms with E-state index >= 15 is 0 Å². The first-order valence-corrected chi connectivity index (χ1v) is 31.8. The third-order valence-corrected chi connectivity index (χ3v) is 15.0. The highest BCUT2D eigenvalue weighted by Gasteiger charge is 2.44. The predicted octanol–water partition coefficient (Wildman–Crippen LogP) is 15.1. The summed E-state index contributed by atoms with van der Waals surface area (Å²) in [5, 5.41) is 54.2. The van der Waals surface area contributed by atoms with Crippen molar-refractivity contribution in [3.63, 3.8) is 0 Å². The van der Waals surface area contributed by atoms with E-state index in [1.807, 2.05) is 6.08 Å². The number of allylic oxidation sites excluding steroid dienone is 5. The SMILES string of the molecule is CCCCCCCCC/C=C\CCCCCCCCCC(=O)OCCCCCCCCCCC/C=C\CCCCCCCCCC(=O)NC(COC1OC(CO)C(O)C(O)C1O)C(O)/C=C/CCCCCCCCC. The molecule has 1 aliphatic heterocycles. The van der Waals surface area contributed by atoms with E-state index in [0.29, 0.717) is 19.4 Å². The van der Waals surface area contributed by atoms with Gasteiger partial charge in [-0.2, -0.15) is 0 Å². The molecule has 0 aromatic rings. The van der Waals surface area contributed by atoms with Crippen molar-refractivity contribution in [2.75, 3.05) is 19.8 Å². The van der Waals surface area contributed by atoms with Crippen LogP contribution in [0.4, 0.5) is 0 Å². The van der Waals surface area contributed by atoms with Gasteiger partial charge in [0.2, 0.25) is 5.91 Å². The predicted molar refractivity (Wildman–Crippen MR) is 311 cm³/mol. The number of nitrogens with one attached hydrogen (secondary N) is 1. The van der Waals surface area contributed by atoms with E-state index in [4.69, 9.17) is 14.2 Å². The molecule has 7 atom stereocenters. The minimum absolute atomic E-state index is 0.0108. The smallest absolute Gasteiger partial charge is 0.305 e. The van der Waals surface area contributed by atoms with Gasteiger partial charge in [0, 0.05) is 12.8 Å². The second kappa shape index (κ2) is 53.9. The van der Waals surface area contributed by atoms with Crippen molar-refractivity contribution >= 4 is 11.9 Å². The first-order valence-electron chi connectivity index (χ1n) is 31.8. The van der Waals surface area contributed by atoms with Crippen LogP contribution in [-0.2, 0) is 23.8 Å². The molecule has 75 heavy (non-hydrogen) atoms. The Morgan fingerprint density at radius 3 is 1.28 bits per heavy atom. The molecule has 1 rings (SSSR count). The second-order valence-corrected chi connectivity index (χ2v) is 22.1. The molecule has 0 aromatic heterocycles. The van der Waals surface area contributed by atoms with Gasteiger partial charge < -0.3 is 45.1 Å². The maximum atomic E-state index is 13.0. The summed E-state index contributed by atoms with van der Waals surface area (Å²) in [5.74, 6) is -0.203. The highest BCUT2D eigenvalue weighted by Crippen LogP contribution is 2.23. The first kappa shape index (κ1) is 70.9. The third kappa shape index (κ3) is 43.4. The molecule has 0 saturated carbocycles. The van der Waals surface area contributed by atoms with Gasteiger partial charge in [-0.15, -0.1) is 0 Å². The van der Waals surface area contributed by atoms with Crippen molar-refractivity contribution in [1.29, 1.82) is 0 Å². The number of esters is 1. The van der Waals surface area contributed by atoms with E-state index in [2.05, 4.69) is 43.5 Å². The summed E-state index contributed by atoms with van der Waals surface area (Å²) in [6.07, 6.45) is 56.9. The molecule has 440 valence electrons. The van der Waals surface area contributed by atoms with Gasteiger partial charge >= 0.3 is 5.97 Å². The summed E-state index contributed by atoms with van der Waals surface area (Å²) in [4.78, 5) is 25.1. The monoisotopic (exact) mass is 1060 g/mol. The van der Waals surface area contributed by atoms with E-state index in [-0.39, 0.29) is 18.5 Å². The number of aliphatic hydroxyl groups is 5. The van der Waals surface area contributed by atoms with Crippen molar-refractivity contribution in [3.8, 4) is 0 Å². The Hall–Kier alpha value is -2.12. The maximum absolute atomic E-state index is 13.0. The van der Waals surface area contributed by atoms with Crippen LogP contribution < -0.4 is 5.32 Å². The van der Waals surface area contributed by atoms with Crippen LogP contribution in [0.3, 0.4) is 0 Å². The largest absolute Gasteiger partial charge is 0.466 e. The van der Waals surface area contributed by atoms with Gasteiger partial charge in [0.05, 0.1) is 32.0 Å². The Bertz CT molecular complexity index is 1340. The molecule has 0 spiro atoms. The molecular formula is C64H119NO10. The van der Waals surface area contributed by atoms with Gasteiger partial charge in [-0.1, -0.05) is 237 Å². The summed E-state index contributed by atoms with van der Waals surface area (Å²) in [6.45, 7) is 4.30. The third-order valence-electron chi connectivity index (χ3n) is 15.0. The molecule has 6 N–H and O–H groups in total. The minimum Gasteiger partial charge on any atom is -0.466 e. The van der Waals surface area contributed by atoms with Crippen LogP contribution in [0.1, 0.15) is 296 Å². The zero-order chi connectivity index (χ0) is 54.5. The van der Waals surface area contributed by atoms with E-state index in [1.54, 1.807) is 6.08 Å². The Morgan fingerprint density at radius 2 is 0.853 bits per heavy atom. The van der Waals surface area contributed by atoms with E-state index in [1.165, 1.54) is 193 Å². The summed E-state index contributed by atoms with van der Waals surface area (Å²) in [7, 11) is 0. The van der Waals surface area contributed by atoms with Crippen LogP contribution >= 0.6 is 0 Å². The summed E-state index contributed by atoms with van der Waals surface area (Å²) < 4.78 is 16.7. The number of hydrogen-bond acceptors (Lipinski definition) is 10. The Balaban J connectivity index is 1.99. The molecule has 1 aliphatic rings. The zero-order valence-corrected chi connectivity index (χ0v) is 48.5. The molecule has 0 radical (unpaired) electrons. The van der Waals surface area contributed by atoms with Crippen LogP contribution in [0.2, 0.25) is 0 Å². The van der Waals surface area contributed by atoms with Crippen molar-refractivity contribution in [3.05, 3.63) is 36.5 Å². The highest BCUT2D eigenvalue weighted by atomic mass is 16.7. The summed E-state index contributed by atoms with van der Waals surface area (Å²) in [5.41, 5.74) is 0. The van der Waals surface area contributed by atoms with Gasteiger partial charge in [0.25, 0.3) is 0 Å². The molecule has 11 nitrogen and oxygen atoms in total. The van der Waals surface area contributed by atoms with Crippen molar-refractivity contribution in [2.45, 2.75) is 339 Å². The Morgan fingerprint density at radius 1 is 0.480 bits per heavy atom. The molecule has 1 saturated heterocycles. The lowest BCUT2D eigenvalue weighted by molar-refractivity contribution is -0.302. The maximum Gasteiger partial charge on any atom is 0.305 e. The fourth-order valence-corrected chi connectivity index (χ4v) is 9.89. The topological polar surface area (TPSA) is 175 Å². The molecule has 1 fully saturated rings. The lowest BCUT2D eigenvalue weighted by atomic mass is 9.99. The lowest BCUT2D eigenvalue weighted by Crippen LogP contribution is -2.60. The van der Waals surface area contributed by atoms with E-state index in [9.17, 15) is 35.1 Å². The summed E-state index contributed by atoms with van der Waals surface area (Å²) >= 11 is 0. The molecule has 7 unspecified atom stereocenters. The Kier molecular flexibility index (Phi) is 50.9. The van der Waals surface area contributed by atoms with Crippen LogP contribution in [0.5, 0.6) is 0 Å². The standard InChI is InChI=1S/C64H119NO10/c1-3-5-7-9-11-13-14-15-16-17-23-26-29-32-36-40-44-48-52-60(69)73-53-49-45-41-37-33-30-27-24-21-19-18-20-22-25-28-31-35-39-43-47-51-59(68)65-56(57(67)50-46-42-38-34-12-10-8-6-4-2)55-74-64-63(72)62(71)61(70)58(54-66)75-64/h16-18,20,46,50,56-58,61-64,66-67,70-72H,3-15,19,21-45,47-49,51-55H2,1-2H3,(H,65,68)/b17-16-,20-18-,50-46+. The van der Waals surface area contributed by atoms with Crippen molar-refractivity contribution in [1.82, 2.24) is 5.32 Å². The van der Waals surface area contributed by atoms with Gasteiger partial charge in [-0.05, 0) is 83.5 Å². The van der Waals surface area contributed by atoms with Crippen LogP contribution in [0, 0.1) is 0 Å². The van der Waals surface area contributed by atoms with Crippen molar-refractivity contribution < 1.29 is 49.3 Å². The highest BCUT2D eigenvalue weighted by molar-refractivity contribution is 5.76. The minimum atomic E-state index is -1.57. The number of amides is 1. The molecular weight excluding hydrogens is 943 g/mol. The van der Waals surface area contributed by atoms with Gasteiger partial charge in [0.1, 0.15) is 24.4 Å². The quantitative estimate of drug-likeness (QED) is 0.0195. The number of unbranched alkanes of at least 4 members (excludes halogenated alkanes) is 37. The number of ether oxygens (including phenoxy) is 3. The average molecular weight is 1060 g/mol. The number of carbonyl (C=O) groups excluding carboxylic acids is 2. The average Bonchev–Trinajstić information content (AvgIpc) is 3.41. The molecule has 1 amide bonds. The first-order chi connectivity index (χ1) is 36.7. The summed E-state index contributed by atoms with van der Waals surface area (Å²) in [6, 6.07) is -0.815. The number of hydrogen-bond donors (Lipinski definition) is 6. The van der Waals surface area contributed by atoms with Crippen LogP contribution in [0.15, 0.2) is 36.5 Å². The molecule has 0 aliphatic carbocycles. The van der Waals surface area contributed by atoms with Gasteiger partial charge in [-0.3, -0.25) is 9.59 Å². The molecule has 1 heterocycles. The van der Waals surface area contributed by atoms with E-state index in [0.717, 1.165) is 77.0 Å². The second-order valence-electron chi connectivity index (χ2n) is 22.1. The van der Waals surface area contributed by atoms with Gasteiger partial charge in [0.15, 0.2) is 6.29 Å². The van der Waals surface area contributed by atoms with Gasteiger partial charge in [-0.25, -0.2) is 0 Å². The van der Waals surface area contributed by atoms with Crippen LogP contribution in [0.25, 0.3) is 0 Å².